The second kappa shape index (κ2) is 5.77. The van der Waals surface area contributed by atoms with Gasteiger partial charge in [0.05, 0.1) is 13.5 Å². The van der Waals surface area contributed by atoms with Crippen LogP contribution in [0.2, 0.25) is 0 Å². The molecule has 0 fully saturated rings. The van der Waals surface area contributed by atoms with Crippen LogP contribution in [0.1, 0.15) is 5.56 Å². The van der Waals surface area contributed by atoms with Crippen molar-refractivity contribution in [2.75, 3.05) is 12.4 Å². The summed E-state index contributed by atoms with van der Waals surface area (Å²) in [5.41, 5.74) is 0.839. The van der Waals surface area contributed by atoms with Gasteiger partial charge in [-0.15, -0.1) is 0 Å². The zero-order valence-electron chi connectivity index (χ0n) is 9.96. The highest BCUT2D eigenvalue weighted by molar-refractivity contribution is 5.91. The molecule has 0 aliphatic heterocycles. The van der Waals surface area contributed by atoms with Crippen LogP contribution in [-0.2, 0) is 11.2 Å². The minimum atomic E-state index is -0.141. The summed E-state index contributed by atoms with van der Waals surface area (Å²) in [7, 11) is 1.58. The number of hydrogen-bond donors (Lipinski definition) is 1. The van der Waals surface area contributed by atoms with Crippen molar-refractivity contribution in [2.45, 2.75) is 6.42 Å². The molecule has 1 aromatic heterocycles. The first kappa shape index (κ1) is 12.0. The molecular weight excluding hydrogens is 230 g/mol. The summed E-state index contributed by atoms with van der Waals surface area (Å²) < 4.78 is 5.19. The first-order chi connectivity index (χ1) is 8.79. The van der Waals surface area contributed by atoms with Crippen molar-refractivity contribution in [1.29, 1.82) is 0 Å². The molecule has 0 saturated carbocycles. The molecule has 0 aliphatic carbocycles. The maximum atomic E-state index is 11.8. The number of hydrogen-bond acceptors (Lipinski definition) is 4. The lowest BCUT2D eigenvalue weighted by Gasteiger charge is -2.08. The van der Waals surface area contributed by atoms with Crippen LogP contribution in [0.4, 0.5) is 5.82 Å². The van der Waals surface area contributed by atoms with Gasteiger partial charge in [0.15, 0.2) is 0 Å². The van der Waals surface area contributed by atoms with Gasteiger partial charge in [-0.25, -0.2) is 9.97 Å². The van der Waals surface area contributed by atoms with Gasteiger partial charge < -0.3 is 10.1 Å². The van der Waals surface area contributed by atoms with E-state index in [1.165, 1.54) is 6.33 Å². The highest BCUT2D eigenvalue weighted by Gasteiger charge is 2.08. The third-order valence-electron chi connectivity index (χ3n) is 2.39. The van der Waals surface area contributed by atoms with E-state index in [9.17, 15) is 4.79 Å². The van der Waals surface area contributed by atoms with Crippen LogP contribution in [-0.4, -0.2) is 23.0 Å². The minimum absolute atomic E-state index is 0.141. The standard InChI is InChI=1S/C13H13N3O2/c1-18-11-5-3-2-4-10(11)8-13(17)16-12-6-7-14-9-15-12/h2-7,9H,8H2,1H3,(H,14,15,16,17). The molecule has 1 aromatic carbocycles. The van der Waals surface area contributed by atoms with Crippen molar-refractivity contribution in [3.8, 4) is 5.75 Å². The van der Waals surface area contributed by atoms with Crippen molar-refractivity contribution in [1.82, 2.24) is 9.97 Å². The number of benzene rings is 1. The summed E-state index contributed by atoms with van der Waals surface area (Å²) in [6.45, 7) is 0. The SMILES string of the molecule is COc1ccccc1CC(=O)Nc1ccncn1. The van der Waals surface area contributed by atoms with E-state index in [1.807, 2.05) is 24.3 Å². The fourth-order valence-electron chi connectivity index (χ4n) is 1.57. The maximum Gasteiger partial charge on any atom is 0.230 e. The zero-order chi connectivity index (χ0) is 12.8. The minimum Gasteiger partial charge on any atom is -0.496 e. The monoisotopic (exact) mass is 243 g/mol. The fourth-order valence-corrected chi connectivity index (χ4v) is 1.57. The van der Waals surface area contributed by atoms with Gasteiger partial charge in [-0.3, -0.25) is 4.79 Å². The second-order valence-corrected chi connectivity index (χ2v) is 3.63. The van der Waals surface area contributed by atoms with Gasteiger partial charge in [-0.1, -0.05) is 18.2 Å². The van der Waals surface area contributed by atoms with Gasteiger partial charge in [0.25, 0.3) is 0 Å². The highest BCUT2D eigenvalue weighted by atomic mass is 16.5. The molecule has 0 saturated heterocycles. The largest absolute Gasteiger partial charge is 0.496 e. The number of anilines is 1. The number of carbonyl (C=O) groups excluding carboxylic acids is 1. The van der Waals surface area contributed by atoms with Crippen LogP contribution in [0, 0.1) is 0 Å². The Bertz CT molecular complexity index is 529. The average Bonchev–Trinajstić information content (AvgIpc) is 2.40. The van der Waals surface area contributed by atoms with E-state index < -0.39 is 0 Å². The number of methoxy groups -OCH3 is 1. The number of ether oxygens (including phenoxy) is 1. The van der Waals surface area contributed by atoms with E-state index in [4.69, 9.17) is 4.74 Å². The predicted molar refractivity (Wildman–Crippen MR) is 67.4 cm³/mol. The predicted octanol–water partition coefficient (Wildman–Crippen LogP) is 1.67. The molecule has 2 rings (SSSR count). The molecule has 92 valence electrons. The number of aromatic nitrogens is 2. The molecule has 0 atom stereocenters. The Morgan fingerprint density at radius 2 is 2.17 bits per heavy atom. The normalized spacial score (nSPS) is 9.83. The molecule has 1 N–H and O–H groups in total. The van der Waals surface area contributed by atoms with E-state index in [2.05, 4.69) is 15.3 Å². The molecule has 0 radical (unpaired) electrons. The summed E-state index contributed by atoms with van der Waals surface area (Å²) in [4.78, 5) is 19.5. The van der Waals surface area contributed by atoms with E-state index in [0.29, 0.717) is 11.6 Å². The number of rotatable bonds is 4. The number of carbonyl (C=O) groups is 1. The molecular formula is C13H13N3O2. The Labute approximate surface area is 105 Å². The Morgan fingerprint density at radius 3 is 2.89 bits per heavy atom. The van der Waals surface area contributed by atoms with Crippen molar-refractivity contribution in [2.24, 2.45) is 0 Å². The van der Waals surface area contributed by atoms with Gasteiger partial charge in [0.1, 0.15) is 17.9 Å². The third kappa shape index (κ3) is 3.04. The summed E-state index contributed by atoms with van der Waals surface area (Å²) in [5.74, 6) is 1.05. The third-order valence-corrected chi connectivity index (χ3v) is 2.39. The van der Waals surface area contributed by atoms with Crippen molar-refractivity contribution in [3.63, 3.8) is 0 Å². The molecule has 5 nitrogen and oxygen atoms in total. The van der Waals surface area contributed by atoms with Gasteiger partial charge >= 0.3 is 0 Å². The van der Waals surface area contributed by atoms with Gasteiger partial charge in [0.2, 0.25) is 5.91 Å². The van der Waals surface area contributed by atoms with Crippen LogP contribution in [0.25, 0.3) is 0 Å². The van der Waals surface area contributed by atoms with Crippen LogP contribution >= 0.6 is 0 Å². The lowest BCUT2D eigenvalue weighted by Crippen LogP contribution is -2.15. The topological polar surface area (TPSA) is 64.1 Å². The molecule has 5 heteroatoms. The molecule has 0 unspecified atom stereocenters. The Kier molecular flexibility index (Phi) is 3.86. The summed E-state index contributed by atoms with van der Waals surface area (Å²) >= 11 is 0. The van der Waals surface area contributed by atoms with Crippen LogP contribution in [0.15, 0.2) is 42.9 Å². The average molecular weight is 243 g/mol. The molecule has 0 aliphatic rings. The Hall–Kier alpha value is -2.43. The maximum absolute atomic E-state index is 11.8. The zero-order valence-corrected chi connectivity index (χ0v) is 9.96. The van der Waals surface area contributed by atoms with Gasteiger partial charge in [0, 0.05) is 11.8 Å². The molecule has 0 bridgehead atoms. The van der Waals surface area contributed by atoms with E-state index in [-0.39, 0.29) is 12.3 Å². The molecule has 1 heterocycles. The fraction of sp³-hybridized carbons (Fsp3) is 0.154. The van der Waals surface area contributed by atoms with Crippen molar-refractivity contribution < 1.29 is 9.53 Å². The quantitative estimate of drug-likeness (QED) is 0.887. The smallest absolute Gasteiger partial charge is 0.230 e. The van der Waals surface area contributed by atoms with Crippen molar-refractivity contribution in [3.05, 3.63) is 48.4 Å². The summed E-state index contributed by atoms with van der Waals surface area (Å²) in [6.07, 6.45) is 3.21. The van der Waals surface area contributed by atoms with E-state index >= 15 is 0 Å². The first-order valence-electron chi connectivity index (χ1n) is 5.47. The molecule has 1 amide bonds. The van der Waals surface area contributed by atoms with Crippen LogP contribution in [0.5, 0.6) is 5.75 Å². The van der Waals surface area contributed by atoms with Crippen LogP contribution in [0.3, 0.4) is 0 Å². The number of amides is 1. The molecule has 18 heavy (non-hydrogen) atoms. The van der Waals surface area contributed by atoms with Crippen LogP contribution < -0.4 is 10.1 Å². The first-order valence-corrected chi connectivity index (χ1v) is 5.47. The second-order valence-electron chi connectivity index (χ2n) is 3.63. The number of para-hydroxylation sites is 1. The van der Waals surface area contributed by atoms with E-state index in [1.54, 1.807) is 19.4 Å². The lowest BCUT2D eigenvalue weighted by atomic mass is 10.1. The number of nitrogens with one attached hydrogen (secondary N) is 1. The highest BCUT2D eigenvalue weighted by Crippen LogP contribution is 2.18. The Morgan fingerprint density at radius 1 is 1.33 bits per heavy atom. The summed E-state index contributed by atoms with van der Waals surface area (Å²) in [6, 6.07) is 9.06. The van der Waals surface area contributed by atoms with Gasteiger partial charge in [-0.05, 0) is 12.1 Å². The molecule has 2 aromatic rings. The van der Waals surface area contributed by atoms with Gasteiger partial charge in [-0.2, -0.15) is 0 Å². The van der Waals surface area contributed by atoms with Crippen molar-refractivity contribution >= 4 is 11.7 Å². The lowest BCUT2D eigenvalue weighted by molar-refractivity contribution is -0.115. The molecule has 0 spiro atoms. The Balaban J connectivity index is 2.03. The van der Waals surface area contributed by atoms with E-state index in [0.717, 1.165) is 5.56 Å². The number of nitrogens with zero attached hydrogens (tertiary/aromatic N) is 2. The summed E-state index contributed by atoms with van der Waals surface area (Å²) in [5, 5.41) is 2.70.